The van der Waals surface area contributed by atoms with E-state index in [0.717, 1.165) is 5.56 Å². The summed E-state index contributed by atoms with van der Waals surface area (Å²) >= 11 is 5.96. The maximum absolute atomic E-state index is 12.8. The average molecular weight is 398 g/mol. The molecular weight excluding hydrogens is 378 g/mol. The molecule has 0 aliphatic rings. The Morgan fingerprint density at radius 1 is 1.29 bits per heavy atom. The van der Waals surface area contributed by atoms with Crippen LogP contribution < -0.4 is 4.74 Å². The molecular formula is C21H20ClN3O3. The maximum atomic E-state index is 12.8. The van der Waals surface area contributed by atoms with E-state index in [4.69, 9.17) is 20.9 Å². The zero-order valence-electron chi connectivity index (χ0n) is 15.4. The molecule has 1 aromatic heterocycles. The van der Waals surface area contributed by atoms with Crippen molar-refractivity contribution in [3.05, 3.63) is 78.2 Å². The van der Waals surface area contributed by atoms with Gasteiger partial charge in [-0.1, -0.05) is 59.2 Å². The van der Waals surface area contributed by atoms with Crippen molar-refractivity contribution in [3.8, 4) is 17.1 Å². The number of hydrogen-bond donors (Lipinski definition) is 0. The lowest BCUT2D eigenvalue weighted by Crippen LogP contribution is -2.40. The highest BCUT2D eigenvalue weighted by molar-refractivity contribution is 6.30. The first-order valence-corrected chi connectivity index (χ1v) is 9.14. The van der Waals surface area contributed by atoms with Gasteiger partial charge in [0.1, 0.15) is 12.3 Å². The predicted molar refractivity (Wildman–Crippen MR) is 107 cm³/mol. The van der Waals surface area contributed by atoms with Crippen molar-refractivity contribution in [2.45, 2.75) is 19.6 Å². The Bertz CT molecular complexity index is 943. The number of halogens is 1. The predicted octanol–water partition coefficient (Wildman–Crippen LogP) is 4.37. The molecule has 0 aliphatic carbocycles. The second kappa shape index (κ2) is 9.19. The number of rotatable bonds is 8. The van der Waals surface area contributed by atoms with Crippen molar-refractivity contribution < 1.29 is 14.1 Å². The molecule has 0 saturated carbocycles. The van der Waals surface area contributed by atoms with Crippen LogP contribution in [0.15, 0.2) is 71.8 Å². The number of ether oxygens (including phenoxy) is 1. The fourth-order valence-electron chi connectivity index (χ4n) is 2.63. The van der Waals surface area contributed by atoms with Crippen LogP contribution in [0.25, 0.3) is 11.4 Å². The molecule has 0 fully saturated rings. The van der Waals surface area contributed by atoms with Gasteiger partial charge in [0, 0.05) is 17.1 Å². The topological polar surface area (TPSA) is 68.5 Å². The molecule has 2 aromatic carbocycles. The number of amides is 1. The summed E-state index contributed by atoms with van der Waals surface area (Å²) in [6, 6.07) is 16.4. The van der Waals surface area contributed by atoms with Gasteiger partial charge in [-0.05, 0) is 25.1 Å². The zero-order chi connectivity index (χ0) is 19.9. The largest absolute Gasteiger partial charge is 0.481 e. The van der Waals surface area contributed by atoms with Crippen LogP contribution in [0.4, 0.5) is 0 Å². The molecule has 1 heterocycles. The Morgan fingerprint density at radius 3 is 2.79 bits per heavy atom. The van der Waals surface area contributed by atoms with E-state index in [2.05, 4.69) is 16.7 Å². The van der Waals surface area contributed by atoms with Gasteiger partial charge < -0.3 is 14.2 Å². The van der Waals surface area contributed by atoms with Crippen LogP contribution in [-0.2, 0) is 11.3 Å². The Balaban J connectivity index is 1.69. The lowest BCUT2D eigenvalue weighted by atomic mass is 10.2. The monoisotopic (exact) mass is 397 g/mol. The van der Waals surface area contributed by atoms with E-state index >= 15 is 0 Å². The molecule has 0 radical (unpaired) electrons. The van der Waals surface area contributed by atoms with Gasteiger partial charge in [0.15, 0.2) is 6.10 Å². The molecule has 3 aromatic rings. The SMILES string of the molecule is C=CCN(Cc1nc(-c2ccccc2)no1)C(=O)[C@H](C)Oc1cccc(Cl)c1. The molecule has 6 nitrogen and oxygen atoms in total. The van der Waals surface area contributed by atoms with Crippen LogP contribution in [-0.4, -0.2) is 33.6 Å². The number of carbonyl (C=O) groups excluding carboxylic acids is 1. The van der Waals surface area contributed by atoms with Gasteiger partial charge in [-0.25, -0.2) is 0 Å². The highest BCUT2D eigenvalue weighted by atomic mass is 35.5. The molecule has 7 heteroatoms. The molecule has 0 bridgehead atoms. The third-order valence-electron chi connectivity index (χ3n) is 3.94. The average Bonchev–Trinajstić information content (AvgIpc) is 3.16. The summed E-state index contributed by atoms with van der Waals surface area (Å²) in [7, 11) is 0. The van der Waals surface area contributed by atoms with Crippen LogP contribution in [0.1, 0.15) is 12.8 Å². The summed E-state index contributed by atoms with van der Waals surface area (Å²) in [6.45, 7) is 5.88. The van der Waals surface area contributed by atoms with Crippen molar-refractivity contribution in [3.63, 3.8) is 0 Å². The lowest BCUT2D eigenvalue weighted by molar-refractivity contribution is -0.138. The molecule has 0 N–H and O–H groups in total. The smallest absolute Gasteiger partial charge is 0.264 e. The number of nitrogens with zero attached hydrogens (tertiary/aromatic N) is 3. The number of benzene rings is 2. The third kappa shape index (κ3) is 4.98. The van der Waals surface area contributed by atoms with Gasteiger partial charge in [0.2, 0.25) is 11.7 Å². The first-order valence-electron chi connectivity index (χ1n) is 8.76. The first kappa shape index (κ1) is 19.6. The molecule has 28 heavy (non-hydrogen) atoms. The number of hydrogen-bond acceptors (Lipinski definition) is 5. The summed E-state index contributed by atoms with van der Waals surface area (Å²) in [4.78, 5) is 18.8. The summed E-state index contributed by atoms with van der Waals surface area (Å²) in [5, 5.41) is 4.53. The fourth-order valence-corrected chi connectivity index (χ4v) is 2.81. The highest BCUT2D eigenvalue weighted by Crippen LogP contribution is 2.20. The van der Waals surface area contributed by atoms with Crippen LogP contribution in [0, 0.1) is 0 Å². The maximum Gasteiger partial charge on any atom is 0.264 e. The molecule has 144 valence electrons. The van der Waals surface area contributed by atoms with E-state index in [1.807, 2.05) is 30.3 Å². The van der Waals surface area contributed by atoms with Gasteiger partial charge in [0.25, 0.3) is 5.91 Å². The minimum Gasteiger partial charge on any atom is -0.481 e. The lowest BCUT2D eigenvalue weighted by Gasteiger charge is -2.23. The first-order chi connectivity index (χ1) is 13.6. The van der Waals surface area contributed by atoms with Crippen molar-refractivity contribution in [2.24, 2.45) is 0 Å². The van der Waals surface area contributed by atoms with Crippen molar-refractivity contribution in [1.29, 1.82) is 0 Å². The third-order valence-corrected chi connectivity index (χ3v) is 4.18. The molecule has 0 spiro atoms. The standard InChI is InChI=1S/C21H20ClN3O3/c1-3-12-25(21(26)15(2)27-18-11-7-10-17(22)13-18)14-19-23-20(24-28-19)16-8-5-4-6-9-16/h3-11,13,15H,1,12,14H2,2H3/t15-/m0/s1. The minimum atomic E-state index is -0.713. The fraction of sp³-hybridized carbons (Fsp3) is 0.190. The van der Waals surface area contributed by atoms with Crippen LogP contribution in [0.2, 0.25) is 5.02 Å². The Kier molecular flexibility index (Phi) is 6.45. The summed E-state index contributed by atoms with van der Waals surface area (Å²) in [6.07, 6.45) is 0.924. The highest BCUT2D eigenvalue weighted by Gasteiger charge is 2.23. The van der Waals surface area contributed by atoms with Gasteiger partial charge in [-0.15, -0.1) is 6.58 Å². The number of aromatic nitrogens is 2. The van der Waals surface area contributed by atoms with Crippen LogP contribution in [0.5, 0.6) is 5.75 Å². The summed E-state index contributed by atoms with van der Waals surface area (Å²) in [5.41, 5.74) is 0.844. The molecule has 1 atom stereocenters. The molecule has 0 saturated heterocycles. The quantitative estimate of drug-likeness (QED) is 0.528. The second-order valence-corrected chi connectivity index (χ2v) is 6.54. The van der Waals surface area contributed by atoms with Crippen LogP contribution >= 0.6 is 11.6 Å². The summed E-state index contributed by atoms with van der Waals surface area (Å²) < 4.78 is 11.0. The van der Waals surface area contributed by atoms with Crippen molar-refractivity contribution in [2.75, 3.05) is 6.54 Å². The van der Waals surface area contributed by atoms with E-state index in [1.54, 1.807) is 42.2 Å². The van der Waals surface area contributed by atoms with E-state index < -0.39 is 6.10 Å². The number of carbonyl (C=O) groups is 1. The van der Waals surface area contributed by atoms with E-state index in [9.17, 15) is 4.79 Å². The summed E-state index contributed by atoms with van der Waals surface area (Å²) in [5.74, 6) is 1.12. The Labute approximate surface area is 168 Å². The van der Waals surface area contributed by atoms with E-state index in [1.165, 1.54) is 0 Å². The minimum absolute atomic E-state index is 0.161. The van der Waals surface area contributed by atoms with Crippen molar-refractivity contribution in [1.82, 2.24) is 15.0 Å². The Morgan fingerprint density at radius 2 is 2.07 bits per heavy atom. The Hall–Kier alpha value is -3.12. The van der Waals surface area contributed by atoms with Gasteiger partial charge in [-0.3, -0.25) is 4.79 Å². The molecule has 0 unspecified atom stereocenters. The van der Waals surface area contributed by atoms with Crippen LogP contribution in [0.3, 0.4) is 0 Å². The van der Waals surface area contributed by atoms with E-state index in [0.29, 0.717) is 29.0 Å². The van der Waals surface area contributed by atoms with Gasteiger partial charge in [0.05, 0.1) is 0 Å². The van der Waals surface area contributed by atoms with E-state index in [-0.39, 0.29) is 12.5 Å². The van der Waals surface area contributed by atoms with Gasteiger partial charge in [-0.2, -0.15) is 4.98 Å². The zero-order valence-corrected chi connectivity index (χ0v) is 16.2. The van der Waals surface area contributed by atoms with Crippen molar-refractivity contribution >= 4 is 17.5 Å². The molecule has 1 amide bonds. The second-order valence-electron chi connectivity index (χ2n) is 6.10. The molecule has 3 rings (SSSR count). The van der Waals surface area contributed by atoms with Gasteiger partial charge >= 0.3 is 0 Å². The normalized spacial score (nSPS) is 11.6. The molecule has 0 aliphatic heterocycles.